The number of amides is 1. The molecule has 20 heavy (non-hydrogen) atoms. The lowest BCUT2D eigenvalue weighted by Gasteiger charge is -2.12. The Hall–Kier alpha value is -2.14. The van der Waals surface area contributed by atoms with Gasteiger partial charge in [0.1, 0.15) is 0 Å². The summed E-state index contributed by atoms with van der Waals surface area (Å²) in [7, 11) is 0. The summed E-state index contributed by atoms with van der Waals surface area (Å²) in [6.07, 6.45) is 5.54. The van der Waals surface area contributed by atoms with Crippen molar-refractivity contribution in [1.82, 2.24) is 15.1 Å². The third-order valence-corrected chi connectivity index (χ3v) is 3.88. The van der Waals surface area contributed by atoms with E-state index in [9.17, 15) is 4.79 Å². The molecule has 1 saturated carbocycles. The number of hydrogen-bond acceptors (Lipinski definition) is 3. The highest BCUT2D eigenvalue weighted by molar-refractivity contribution is 5.93. The first-order valence-corrected chi connectivity index (χ1v) is 6.81. The minimum absolute atomic E-state index is 0.0908. The van der Waals surface area contributed by atoms with Gasteiger partial charge in [-0.05, 0) is 31.5 Å². The van der Waals surface area contributed by atoms with Gasteiger partial charge >= 0.3 is 0 Å². The zero-order valence-corrected chi connectivity index (χ0v) is 11.2. The second kappa shape index (κ2) is 5.09. The van der Waals surface area contributed by atoms with E-state index in [0.717, 1.165) is 18.5 Å². The Labute approximate surface area is 117 Å². The maximum atomic E-state index is 12.1. The number of rotatable bonds is 5. The van der Waals surface area contributed by atoms with Crippen molar-refractivity contribution in [3.8, 4) is 5.69 Å². The van der Waals surface area contributed by atoms with Gasteiger partial charge in [-0.15, -0.1) is 0 Å². The van der Waals surface area contributed by atoms with Crippen LogP contribution in [0.5, 0.6) is 0 Å². The monoisotopic (exact) mass is 270 g/mol. The predicted molar refractivity (Wildman–Crippen MR) is 76.6 cm³/mol. The molecule has 5 heteroatoms. The minimum Gasteiger partial charge on any atom is -0.351 e. The molecule has 1 aromatic carbocycles. The number of carbonyl (C=O) groups is 1. The van der Waals surface area contributed by atoms with Crippen molar-refractivity contribution < 1.29 is 4.79 Å². The van der Waals surface area contributed by atoms with Gasteiger partial charge in [0.25, 0.3) is 5.91 Å². The molecular weight excluding hydrogens is 252 g/mol. The molecule has 3 rings (SSSR count). The van der Waals surface area contributed by atoms with Crippen LogP contribution in [0.2, 0.25) is 0 Å². The van der Waals surface area contributed by atoms with Gasteiger partial charge in [0.05, 0.1) is 17.4 Å². The Balaban J connectivity index is 1.66. The lowest BCUT2D eigenvalue weighted by molar-refractivity contribution is 0.0945. The molecule has 1 fully saturated rings. The first kappa shape index (κ1) is 12.9. The summed E-state index contributed by atoms with van der Waals surface area (Å²) in [5.41, 5.74) is 7.36. The Morgan fingerprint density at radius 1 is 1.35 bits per heavy atom. The molecule has 0 saturated heterocycles. The van der Waals surface area contributed by atoms with E-state index >= 15 is 0 Å². The van der Waals surface area contributed by atoms with Crippen molar-refractivity contribution in [3.05, 3.63) is 48.3 Å². The molecule has 0 spiro atoms. The molecule has 104 valence electrons. The largest absolute Gasteiger partial charge is 0.351 e. The minimum atomic E-state index is -0.0908. The van der Waals surface area contributed by atoms with E-state index in [-0.39, 0.29) is 11.3 Å². The fourth-order valence-electron chi connectivity index (χ4n) is 2.16. The third kappa shape index (κ3) is 2.58. The van der Waals surface area contributed by atoms with E-state index < -0.39 is 0 Å². The van der Waals surface area contributed by atoms with E-state index in [1.54, 1.807) is 17.1 Å². The highest BCUT2D eigenvalue weighted by Crippen LogP contribution is 2.43. The van der Waals surface area contributed by atoms with Crippen LogP contribution in [0.3, 0.4) is 0 Å². The van der Waals surface area contributed by atoms with E-state index in [0.29, 0.717) is 18.7 Å². The number of carbonyl (C=O) groups excluding carboxylic acids is 1. The van der Waals surface area contributed by atoms with Crippen LogP contribution in [-0.2, 0) is 0 Å². The molecule has 1 aliphatic rings. The van der Waals surface area contributed by atoms with Crippen LogP contribution in [0.25, 0.3) is 5.69 Å². The van der Waals surface area contributed by atoms with Crippen LogP contribution in [-0.4, -0.2) is 28.8 Å². The van der Waals surface area contributed by atoms with Gasteiger partial charge in [-0.2, -0.15) is 5.10 Å². The van der Waals surface area contributed by atoms with Crippen LogP contribution in [0.4, 0.5) is 0 Å². The quantitative estimate of drug-likeness (QED) is 0.861. The standard InChI is InChI=1S/C15H18N4O/c16-10-15(6-7-15)11-17-14(20)12-8-18-19(9-12)13-4-2-1-3-5-13/h1-5,8-9H,6-7,10-11,16H2,(H,17,20). The van der Waals surface area contributed by atoms with Crippen molar-refractivity contribution in [1.29, 1.82) is 0 Å². The van der Waals surface area contributed by atoms with Gasteiger partial charge in [-0.25, -0.2) is 4.68 Å². The first-order chi connectivity index (χ1) is 9.72. The molecule has 1 heterocycles. The van der Waals surface area contributed by atoms with Crippen LogP contribution >= 0.6 is 0 Å². The van der Waals surface area contributed by atoms with Gasteiger partial charge < -0.3 is 11.1 Å². The molecule has 1 aliphatic carbocycles. The van der Waals surface area contributed by atoms with Gasteiger partial charge in [0, 0.05) is 18.2 Å². The summed E-state index contributed by atoms with van der Waals surface area (Å²) in [5.74, 6) is -0.0908. The lowest BCUT2D eigenvalue weighted by Crippen LogP contribution is -2.33. The van der Waals surface area contributed by atoms with Crippen molar-refractivity contribution in [2.45, 2.75) is 12.8 Å². The lowest BCUT2D eigenvalue weighted by atomic mass is 10.1. The molecular formula is C15H18N4O. The predicted octanol–water partition coefficient (Wildman–Crippen LogP) is 1.34. The SMILES string of the molecule is NCC1(CNC(=O)c2cnn(-c3ccccc3)c2)CC1. The molecule has 0 unspecified atom stereocenters. The van der Waals surface area contributed by atoms with Crippen LogP contribution in [0.15, 0.2) is 42.7 Å². The Bertz CT molecular complexity index is 601. The Morgan fingerprint density at radius 2 is 2.10 bits per heavy atom. The number of para-hydroxylation sites is 1. The fraction of sp³-hybridized carbons (Fsp3) is 0.333. The maximum Gasteiger partial charge on any atom is 0.254 e. The highest BCUT2D eigenvalue weighted by Gasteiger charge is 2.41. The number of nitrogens with two attached hydrogens (primary N) is 1. The van der Waals surface area contributed by atoms with E-state index in [1.807, 2.05) is 30.3 Å². The summed E-state index contributed by atoms with van der Waals surface area (Å²) in [6.45, 7) is 1.29. The number of benzene rings is 1. The van der Waals surface area contributed by atoms with Gasteiger partial charge in [0.15, 0.2) is 0 Å². The Kier molecular flexibility index (Phi) is 3.28. The first-order valence-electron chi connectivity index (χ1n) is 6.81. The maximum absolute atomic E-state index is 12.1. The summed E-state index contributed by atoms with van der Waals surface area (Å²) < 4.78 is 1.70. The fourth-order valence-corrected chi connectivity index (χ4v) is 2.16. The van der Waals surface area contributed by atoms with Crippen LogP contribution in [0, 0.1) is 5.41 Å². The molecule has 0 radical (unpaired) electrons. The zero-order valence-electron chi connectivity index (χ0n) is 11.2. The number of aromatic nitrogens is 2. The second-order valence-electron chi connectivity index (χ2n) is 5.40. The van der Waals surface area contributed by atoms with Crippen molar-refractivity contribution in [3.63, 3.8) is 0 Å². The average Bonchev–Trinajstić information content (AvgIpc) is 3.12. The Morgan fingerprint density at radius 3 is 2.75 bits per heavy atom. The number of nitrogens with zero attached hydrogens (tertiary/aromatic N) is 2. The van der Waals surface area contributed by atoms with Gasteiger partial charge in [0.2, 0.25) is 0 Å². The molecule has 0 bridgehead atoms. The topological polar surface area (TPSA) is 72.9 Å². The molecule has 1 amide bonds. The van der Waals surface area contributed by atoms with Crippen molar-refractivity contribution in [2.75, 3.05) is 13.1 Å². The average molecular weight is 270 g/mol. The molecule has 3 N–H and O–H groups in total. The number of hydrogen-bond donors (Lipinski definition) is 2. The van der Waals surface area contributed by atoms with Gasteiger partial charge in [-0.3, -0.25) is 4.79 Å². The zero-order chi connectivity index (χ0) is 14.0. The molecule has 1 aromatic heterocycles. The molecule has 0 aliphatic heterocycles. The van der Waals surface area contributed by atoms with E-state index in [4.69, 9.17) is 5.73 Å². The van der Waals surface area contributed by atoms with Crippen LogP contribution < -0.4 is 11.1 Å². The summed E-state index contributed by atoms with van der Waals surface area (Å²) >= 11 is 0. The smallest absolute Gasteiger partial charge is 0.254 e. The summed E-state index contributed by atoms with van der Waals surface area (Å²) in [4.78, 5) is 12.1. The molecule has 5 nitrogen and oxygen atoms in total. The highest BCUT2D eigenvalue weighted by atomic mass is 16.1. The van der Waals surface area contributed by atoms with Gasteiger partial charge in [-0.1, -0.05) is 18.2 Å². The summed E-state index contributed by atoms with van der Waals surface area (Å²) in [5, 5.41) is 7.16. The number of nitrogens with one attached hydrogen (secondary N) is 1. The molecule has 2 aromatic rings. The molecule has 0 atom stereocenters. The van der Waals surface area contributed by atoms with E-state index in [2.05, 4.69) is 10.4 Å². The second-order valence-corrected chi connectivity index (χ2v) is 5.40. The third-order valence-electron chi connectivity index (χ3n) is 3.88. The summed E-state index contributed by atoms with van der Waals surface area (Å²) in [6, 6.07) is 9.72. The van der Waals surface area contributed by atoms with E-state index in [1.165, 1.54) is 0 Å². The normalized spacial score (nSPS) is 15.8. The van der Waals surface area contributed by atoms with Crippen molar-refractivity contribution in [2.24, 2.45) is 11.1 Å². The van der Waals surface area contributed by atoms with Crippen LogP contribution in [0.1, 0.15) is 23.2 Å². The van der Waals surface area contributed by atoms with Crippen molar-refractivity contribution >= 4 is 5.91 Å².